The van der Waals surface area contributed by atoms with E-state index in [2.05, 4.69) is 19.2 Å². The number of ether oxygens (including phenoxy) is 3. The fraction of sp³-hybridized carbons (Fsp3) is 0.400. The van der Waals surface area contributed by atoms with Gasteiger partial charge in [0.2, 0.25) is 5.75 Å². The molecule has 0 bridgehead atoms. The quantitative estimate of drug-likeness (QED) is 0.462. The first-order valence-corrected chi connectivity index (χ1v) is 5.22. The molecule has 21 heavy (non-hydrogen) atoms. The van der Waals surface area contributed by atoms with Gasteiger partial charge < -0.3 is 14.2 Å². The number of hydrogen-bond acceptors (Lipinski definition) is 7. The number of nitrogens with zero attached hydrogens (tertiary/aromatic N) is 2. The maximum atomic E-state index is 12.4. The van der Waals surface area contributed by atoms with Crippen molar-refractivity contribution in [1.29, 1.82) is 0 Å². The van der Waals surface area contributed by atoms with E-state index in [1.807, 2.05) is 0 Å². The topological polar surface area (TPSA) is 101 Å². The van der Waals surface area contributed by atoms with E-state index in [1.54, 1.807) is 0 Å². The number of rotatable bonds is 5. The molecule has 0 aromatic carbocycles. The van der Waals surface area contributed by atoms with Crippen LogP contribution in [0.25, 0.3) is 0 Å². The van der Waals surface area contributed by atoms with Crippen LogP contribution < -0.4 is 9.47 Å². The summed E-state index contributed by atoms with van der Waals surface area (Å²) in [5.74, 6) is -2.75. The van der Waals surface area contributed by atoms with Gasteiger partial charge in [-0.05, 0) is 0 Å². The largest absolute Gasteiger partial charge is 0.573 e. The van der Waals surface area contributed by atoms with Crippen LogP contribution in [0.15, 0.2) is 6.20 Å². The van der Waals surface area contributed by atoms with Crippen LogP contribution in [0.5, 0.6) is 11.6 Å². The molecule has 0 saturated carbocycles. The lowest BCUT2D eigenvalue weighted by Crippen LogP contribution is -2.20. The molecule has 0 aliphatic heterocycles. The standard InChI is InChI=1S/C10H9F3N2O6/c1-19-6(16)3-5-4-14-9(20-2)7(15(17)18)8(5)21-10(11,12)13/h4H,3H2,1-2H3. The van der Waals surface area contributed by atoms with Crippen LogP contribution in [0.3, 0.4) is 0 Å². The van der Waals surface area contributed by atoms with Crippen molar-refractivity contribution in [3.63, 3.8) is 0 Å². The molecular weight excluding hydrogens is 301 g/mol. The summed E-state index contributed by atoms with van der Waals surface area (Å²) in [6, 6.07) is 0. The lowest BCUT2D eigenvalue weighted by Gasteiger charge is -2.13. The van der Waals surface area contributed by atoms with Crippen LogP contribution >= 0.6 is 0 Å². The van der Waals surface area contributed by atoms with Crippen molar-refractivity contribution >= 4 is 11.7 Å². The number of halogens is 3. The Morgan fingerprint density at radius 1 is 1.43 bits per heavy atom. The van der Waals surface area contributed by atoms with E-state index in [9.17, 15) is 28.1 Å². The van der Waals surface area contributed by atoms with Crippen molar-refractivity contribution in [3.05, 3.63) is 21.9 Å². The van der Waals surface area contributed by atoms with Gasteiger partial charge in [0.15, 0.2) is 0 Å². The predicted molar refractivity (Wildman–Crippen MR) is 59.8 cm³/mol. The average Bonchev–Trinajstić information content (AvgIpc) is 2.37. The zero-order valence-electron chi connectivity index (χ0n) is 10.8. The molecule has 0 spiro atoms. The lowest BCUT2D eigenvalue weighted by atomic mass is 10.1. The summed E-state index contributed by atoms with van der Waals surface area (Å²) < 4.78 is 49.7. The second-order valence-corrected chi connectivity index (χ2v) is 3.53. The molecule has 0 aliphatic rings. The van der Waals surface area contributed by atoms with Gasteiger partial charge in [-0.15, -0.1) is 13.2 Å². The Hall–Kier alpha value is -2.59. The number of methoxy groups -OCH3 is 2. The number of hydrogen-bond donors (Lipinski definition) is 0. The van der Waals surface area contributed by atoms with Crippen molar-refractivity contribution < 1.29 is 37.1 Å². The number of alkyl halides is 3. The highest BCUT2D eigenvalue weighted by Gasteiger charge is 2.38. The van der Waals surface area contributed by atoms with Crippen LogP contribution in [-0.2, 0) is 16.0 Å². The van der Waals surface area contributed by atoms with Gasteiger partial charge >= 0.3 is 18.0 Å². The smallest absolute Gasteiger partial charge is 0.476 e. The van der Waals surface area contributed by atoms with Crippen molar-refractivity contribution in [2.24, 2.45) is 0 Å². The minimum Gasteiger partial charge on any atom is -0.476 e. The molecule has 11 heteroatoms. The molecule has 1 aromatic heterocycles. The average molecular weight is 310 g/mol. The molecule has 0 amide bonds. The van der Waals surface area contributed by atoms with Gasteiger partial charge in [0.1, 0.15) is 0 Å². The summed E-state index contributed by atoms with van der Waals surface area (Å²) in [4.78, 5) is 24.4. The van der Waals surface area contributed by atoms with Gasteiger partial charge in [-0.2, -0.15) is 0 Å². The van der Waals surface area contributed by atoms with Crippen LogP contribution in [-0.4, -0.2) is 36.5 Å². The molecule has 0 unspecified atom stereocenters. The summed E-state index contributed by atoms with van der Waals surface area (Å²) in [6.45, 7) is 0. The molecule has 1 aromatic rings. The van der Waals surface area contributed by atoms with Crippen LogP contribution in [0.4, 0.5) is 18.9 Å². The fourth-order valence-corrected chi connectivity index (χ4v) is 1.40. The van der Waals surface area contributed by atoms with Crippen LogP contribution in [0.1, 0.15) is 5.56 Å². The third kappa shape index (κ3) is 4.19. The third-order valence-electron chi connectivity index (χ3n) is 2.20. The summed E-state index contributed by atoms with van der Waals surface area (Å²) in [6.07, 6.45) is -5.06. The van der Waals surface area contributed by atoms with Gasteiger partial charge in [-0.25, -0.2) is 4.98 Å². The van der Waals surface area contributed by atoms with Crippen molar-refractivity contribution in [2.75, 3.05) is 14.2 Å². The van der Waals surface area contributed by atoms with E-state index >= 15 is 0 Å². The molecule has 0 aliphatic carbocycles. The molecular formula is C10H9F3N2O6. The number of aromatic nitrogens is 1. The van der Waals surface area contributed by atoms with E-state index < -0.39 is 46.6 Å². The summed E-state index contributed by atoms with van der Waals surface area (Å²) in [5.41, 5.74) is -1.58. The summed E-state index contributed by atoms with van der Waals surface area (Å²) in [5, 5.41) is 10.9. The Morgan fingerprint density at radius 3 is 2.48 bits per heavy atom. The van der Waals surface area contributed by atoms with E-state index in [1.165, 1.54) is 0 Å². The molecule has 0 saturated heterocycles. The SMILES string of the molecule is COC(=O)Cc1cnc(OC)c([N+](=O)[O-])c1OC(F)(F)F. The maximum absolute atomic E-state index is 12.4. The van der Waals surface area contributed by atoms with Crippen LogP contribution in [0, 0.1) is 10.1 Å². The molecule has 116 valence electrons. The van der Waals surface area contributed by atoms with Gasteiger partial charge in [0.25, 0.3) is 5.88 Å². The molecule has 1 heterocycles. The molecule has 0 atom stereocenters. The van der Waals surface area contributed by atoms with E-state index in [-0.39, 0.29) is 0 Å². The zero-order chi connectivity index (χ0) is 16.2. The number of nitro groups is 1. The fourth-order valence-electron chi connectivity index (χ4n) is 1.40. The number of carbonyl (C=O) groups is 1. The van der Waals surface area contributed by atoms with Gasteiger partial charge in [0, 0.05) is 11.8 Å². The first-order chi connectivity index (χ1) is 9.69. The van der Waals surface area contributed by atoms with Gasteiger partial charge in [-0.3, -0.25) is 14.9 Å². The lowest BCUT2D eigenvalue weighted by molar-refractivity contribution is -0.390. The zero-order valence-corrected chi connectivity index (χ0v) is 10.8. The third-order valence-corrected chi connectivity index (χ3v) is 2.20. The van der Waals surface area contributed by atoms with Gasteiger partial charge in [0.05, 0.1) is 25.6 Å². The Morgan fingerprint density at radius 2 is 2.05 bits per heavy atom. The summed E-state index contributed by atoms with van der Waals surface area (Å²) >= 11 is 0. The Bertz CT molecular complexity index is 560. The van der Waals surface area contributed by atoms with Crippen molar-refractivity contribution in [3.8, 4) is 11.6 Å². The number of carbonyl (C=O) groups excluding carboxylic acids is 1. The Kier molecular flexibility index (Phi) is 4.89. The van der Waals surface area contributed by atoms with E-state index in [0.717, 1.165) is 20.4 Å². The van der Waals surface area contributed by atoms with Crippen LogP contribution in [0.2, 0.25) is 0 Å². The first-order valence-electron chi connectivity index (χ1n) is 5.22. The molecule has 1 rings (SSSR count). The van der Waals surface area contributed by atoms with Crippen molar-refractivity contribution in [1.82, 2.24) is 4.98 Å². The van der Waals surface area contributed by atoms with E-state index in [0.29, 0.717) is 0 Å². The molecule has 0 fully saturated rings. The van der Waals surface area contributed by atoms with Gasteiger partial charge in [-0.1, -0.05) is 0 Å². The molecule has 0 N–H and O–H groups in total. The number of pyridine rings is 1. The normalized spacial score (nSPS) is 10.9. The van der Waals surface area contributed by atoms with E-state index in [4.69, 9.17) is 0 Å². The second kappa shape index (κ2) is 6.24. The maximum Gasteiger partial charge on any atom is 0.573 e. The Balaban J connectivity index is 3.46. The Labute approximate surface area is 115 Å². The van der Waals surface area contributed by atoms with Crippen molar-refractivity contribution in [2.45, 2.75) is 12.8 Å². The minimum atomic E-state index is -5.19. The highest BCUT2D eigenvalue weighted by atomic mass is 19.4. The number of esters is 1. The predicted octanol–water partition coefficient (Wildman–Crippen LogP) is 1.61. The molecule has 8 nitrogen and oxygen atoms in total. The summed E-state index contributed by atoms with van der Waals surface area (Å²) in [7, 11) is 2.00. The monoisotopic (exact) mass is 310 g/mol. The second-order valence-electron chi connectivity index (χ2n) is 3.53. The highest BCUT2D eigenvalue weighted by Crippen LogP contribution is 2.40. The molecule has 0 radical (unpaired) electrons. The highest BCUT2D eigenvalue weighted by molar-refractivity contribution is 5.74. The minimum absolute atomic E-state index is 0.452. The first kappa shape index (κ1) is 16.5.